The molecule has 5 heteroatoms. The average Bonchev–Trinajstić information content (AvgIpc) is 3.35. The molecule has 0 spiro atoms. The van der Waals surface area contributed by atoms with Gasteiger partial charge < -0.3 is 9.72 Å². The number of carbonyl (C=O) groups excluding carboxylic acids is 1. The molecule has 1 aliphatic heterocycles. The number of hydrogen-bond acceptors (Lipinski definition) is 3. The van der Waals surface area contributed by atoms with E-state index in [9.17, 15) is 4.79 Å². The summed E-state index contributed by atoms with van der Waals surface area (Å²) in [6, 6.07) is 16.8. The van der Waals surface area contributed by atoms with E-state index in [1.165, 1.54) is 5.56 Å². The van der Waals surface area contributed by atoms with Gasteiger partial charge in [-0.2, -0.15) is 0 Å². The van der Waals surface area contributed by atoms with Crippen molar-refractivity contribution < 1.29 is 9.53 Å². The summed E-state index contributed by atoms with van der Waals surface area (Å²) in [5, 5.41) is 0. The lowest BCUT2D eigenvalue weighted by Crippen LogP contribution is -2.41. The number of nitrogens with zero attached hydrogens (tertiary/aromatic N) is 2. The largest absolute Gasteiger partial charge is 0.491 e. The number of anilines is 1. The quantitative estimate of drug-likeness (QED) is 0.656. The average molecular weight is 402 g/mol. The van der Waals surface area contributed by atoms with E-state index in [4.69, 9.17) is 4.74 Å². The number of hydrogen-bond donors (Lipinski definition) is 1. The minimum Gasteiger partial charge on any atom is -0.491 e. The SMILES string of the molecule is COC1=C(C)C(C2CCC(c3ccccc3)CC2)N(c2ccc3nc[nH]c3c2)C1=O. The van der Waals surface area contributed by atoms with E-state index in [0.29, 0.717) is 17.6 Å². The molecule has 1 unspecified atom stereocenters. The molecular formula is C25H27N3O2. The minimum absolute atomic E-state index is 0.0379. The molecule has 3 aromatic rings. The predicted molar refractivity (Wildman–Crippen MR) is 118 cm³/mol. The van der Waals surface area contributed by atoms with Crippen molar-refractivity contribution in [2.45, 2.75) is 44.6 Å². The van der Waals surface area contributed by atoms with Crippen molar-refractivity contribution in [2.75, 3.05) is 12.0 Å². The molecule has 154 valence electrons. The number of imidazole rings is 1. The zero-order valence-electron chi connectivity index (χ0n) is 17.5. The third-order valence-corrected chi connectivity index (χ3v) is 6.87. The van der Waals surface area contributed by atoms with Crippen molar-refractivity contribution in [3.05, 3.63) is 71.8 Å². The fourth-order valence-corrected chi connectivity index (χ4v) is 5.39. The summed E-state index contributed by atoms with van der Waals surface area (Å²) in [7, 11) is 1.60. The third kappa shape index (κ3) is 3.09. The number of amides is 1. The van der Waals surface area contributed by atoms with Gasteiger partial charge in [-0.25, -0.2) is 4.98 Å². The summed E-state index contributed by atoms with van der Waals surface area (Å²) in [4.78, 5) is 22.7. The van der Waals surface area contributed by atoms with Crippen LogP contribution in [0.25, 0.3) is 11.0 Å². The molecule has 2 aliphatic rings. The van der Waals surface area contributed by atoms with Crippen molar-refractivity contribution in [1.82, 2.24) is 9.97 Å². The number of fused-ring (bicyclic) bond motifs is 1. The van der Waals surface area contributed by atoms with Crippen LogP contribution in [-0.2, 0) is 9.53 Å². The van der Waals surface area contributed by atoms with Crippen LogP contribution in [0.3, 0.4) is 0 Å². The molecule has 0 bridgehead atoms. The lowest BCUT2D eigenvalue weighted by Gasteiger charge is -2.37. The first-order chi connectivity index (χ1) is 14.7. The smallest absolute Gasteiger partial charge is 0.293 e. The summed E-state index contributed by atoms with van der Waals surface area (Å²) in [6.07, 6.45) is 6.21. The van der Waals surface area contributed by atoms with Gasteiger partial charge in [0.1, 0.15) is 0 Å². The number of carbonyl (C=O) groups is 1. The molecule has 2 heterocycles. The van der Waals surface area contributed by atoms with Gasteiger partial charge in [-0.05, 0) is 73.8 Å². The van der Waals surface area contributed by atoms with Crippen LogP contribution in [0.15, 0.2) is 66.2 Å². The van der Waals surface area contributed by atoms with Crippen LogP contribution in [0.5, 0.6) is 0 Å². The number of ether oxygens (including phenoxy) is 1. The van der Waals surface area contributed by atoms with Crippen LogP contribution in [0.4, 0.5) is 5.69 Å². The van der Waals surface area contributed by atoms with E-state index < -0.39 is 0 Å². The molecule has 1 amide bonds. The lowest BCUT2D eigenvalue weighted by molar-refractivity contribution is -0.117. The zero-order chi connectivity index (χ0) is 20.7. The number of nitrogens with one attached hydrogen (secondary N) is 1. The molecular weight excluding hydrogens is 374 g/mol. The van der Waals surface area contributed by atoms with E-state index in [-0.39, 0.29) is 11.9 Å². The van der Waals surface area contributed by atoms with E-state index in [2.05, 4.69) is 47.2 Å². The van der Waals surface area contributed by atoms with Crippen LogP contribution in [-0.4, -0.2) is 29.0 Å². The fraction of sp³-hybridized carbons (Fsp3) is 0.360. The van der Waals surface area contributed by atoms with Crippen LogP contribution in [0, 0.1) is 5.92 Å². The Labute approximate surface area is 176 Å². The number of H-pyrrole nitrogens is 1. The van der Waals surface area contributed by atoms with Gasteiger partial charge in [0.25, 0.3) is 5.91 Å². The Kier molecular flexibility index (Phi) is 4.81. The molecule has 1 aliphatic carbocycles. The highest BCUT2D eigenvalue weighted by Crippen LogP contribution is 2.44. The molecule has 1 atom stereocenters. The first-order valence-corrected chi connectivity index (χ1v) is 10.7. The summed E-state index contributed by atoms with van der Waals surface area (Å²) >= 11 is 0. The van der Waals surface area contributed by atoms with Gasteiger partial charge in [0, 0.05) is 5.69 Å². The number of methoxy groups -OCH3 is 1. The maximum absolute atomic E-state index is 13.3. The molecule has 1 N–H and O–H groups in total. The molecule has 5 rings (SSSR count). The number of rotatable bonds is 4. The summed E-state index contributed by atoms with van der Waals surface area (Å²) < 4.78 is 5.54. The van der Waals surface area contributed by atoms with Crippen LogP contribution in [0.1, 0.15) is 44.1 Å². The Morgan fingerprint density at radius 3 is 2.57 bits per heavy atom. The second-order valence-electron chi connectivity index (χ2n) is 8.46. The number of aromatic nitrogens is 2. The first-order valence-electron chi connectivity index (χ1n) is 10.7. The van der Waals surface area contributed by atoms with E-state index in [1.54, 1.807) is 13.4 Å². The van der Waals surface area contributed by atoms with E-state index >= 15 is 0 Å². The van der Waals surface area contributed by atoms with Gasteiger partial charge in [0.05, 0.1) is 30.5 Å². The molecule has 2 aromatic carbocycles. The van der Waals surface area contributed by atoms with E-state index in [1.807, 2.05) is 23.1 Å². The monoisotopic (exact) mass is 401 g/mol. The Hall–Kier alpha value is -3.08. The highest BCUT2D eigenvalue weighted by atomic mass is 16.5. The van der Waals surface area contributed by atoms with Gasteiger partial charge in [-0.15, -0.1) is 0 Å². The van der Waals surface area contributed by atoms with Crippen molar-refractivity contribution in [3.63, 3.8) is 0 Å². The molecule has 1 aromatic heterocycles. The van der Waals surface area contributed by atoms with Crippen molar-refractivity contribution in [3.8, 4) is 0 Å². The van der Waals surface area contributed by atoms with Gasteiger partial charge in [-0.3, -0.25) is 9.69 Å². The second-order valence-corrected chi connectivity index (χ2v) is 8.46. The van der Waals surface area contributed by atoms with Crippen LogP contribution in [0.2, 0.25) is 0 Å². The molecule has 0 saturated heterocycles. The van der Waals surface area contributed by atoms with E-state index in [0.717, 1.165) is 48.0 Å². The summed E-state index contributed by atoms with van der Waals surface area (Å²) in [5.74, 6) is 1.50. The van der Waals surface area contributed by atoms with Crippen molar-refractivity contribution >= 4 is 22.6 Å². The lowest BCUT2D eigenvalue weighted by atomic mass is 9.74. The Bertz CT molecular complexity index is 1090. The highest BCUT2D eigenvalue weighted by Gasteiger charge is 2.44. The van der Waals surface area contributed by atoms with Gasteiger partial charge >= 0.3 is 0 Å². The molecule has 1 fully saturated rings. The zero-order valence-corrected chi connectivity index (χ0v) is 17.5. The Morgan fingerprint density at radius 1 is 1.07 bits per heavy atom. The normalized spacial score (nSPS) is 24.7. The first kappa shape index (κ1) is 18.9. The topological polar surface area (TPSA) is 58.2 Å². The minimum atomic E-state index is -0.0379. The Morgan fingerprint density at radius 2 is 1.83 bits per heavy atom. The second kappa shape index (κ2) is 7.63. The molecule has 5 nitrogen and oxygen atoms in total. The Balaban J connectivity index is 1.43. The predicted octanol–water partition coefficient (Wildman–Crippen LogP) is 5.17. The fourth-order valence-electron chi connectivity index (χ4n) is 5.39. The number of benzene rings is 2. The van der Waals surface area contributed by atoms with Gasteiger partial charge in [0.2, 0.25) is 0 Å². The van der Waals surface area contributed by atoms with Crippen molar-refractivity contribution in [2.24, 2.45) is 5.92 Å². The molecule has 0 radical (unpaired) electrons. The highest BCUT2D eigenvalue weighted by molar-refractivity contribution is 6.09. The maximum atomic E-state index is 13.3. The van der Waals surface area contributed by atoms with Gasteiger partial charge in [-0.1, -0.05) is 30.3 Å². The third-order valence-electron chi connectivity index (χ3n) is 6.87. The number of aromatic amines is 1. The molecule has 1 saturated carbocycles. The van der Waals surface area contributed by atoms with Crippen molar-refractivity contribution in [1.29, 1.82) is 0 Å². The van der Waals surface area contributed by atoms with Crippen LogP contribution >= 0.6 is 0 Å². The standard InChI is InChI=1S/C25H27N3O2/c1-16-23(19-10-8-18(9-11-19)17-6-4-3-5-7-17)28(25(29)24(16)30-2)20-12-13-21-22(14-20)27-15-26-21/h3-7,12-15,18-19,23H,8-11H2,1-2H3,(H,26,27). The summed E-state index contributed by atoms with van der Waals surface area (Å²) in [5.41, 5.74) is 5.23. The summed E-state index contributed by atoms with van der Waals surface area (Å²) in [6.45, 7) is 2.05. The maximum Gasteiger partial charge on any atom is 0.293 e. The van der Waals surface area contributed by atoms with Gasteiger partial charge in [0.15, 0.2) is 5.76 Å². The van der Waals surface area contributed by atoms with Crippen LogP contribution < -0.4 is 4.90 Å². The molecule has 30 heavy (non-hydrogen) atoms.